The summed E-state index contributed by atoms with van der Waals surface area (Å²) in [6.07, 6.45) is 2.83. The lowest BCUT2D eigenvalue weighted by Crippen LogP contribution is -2.10. The van der Waals surface area contributed by atoms with Gasteiger partial charge in [0, 0.05) is 6.42 Å². The molecule has 0 spiro atoms. The van der Waals surface area contributed by atoms with Gasteiger partial charge < -0.3 is 10.2 Å². The summed E-state index contributed by atoms with van der Waals surface area (Å²) in [7, 11) is 0. The smallest absolute Gasteiger partial charge is 0.120 e. The molecule has 2 N–H and O–H groups in total. The van der Waals surface area contributed by atoms with Gasteiger partial charge in [-0.15, -0.1) is 0 Å². The zero-order valence-electron chi connectivity index (χ0n) is 10.2. The molecule has 2 rings (SSSR count). The second kappa shape index (κ2) is 5.69. The molecule has 0 bridgehead atoms. The molecule has 1 aromatic carbocycles. The number of hydrogen-bond acceptors (Lipinski definition) is 2. The van der Waals surface area contributed by atoms with Gasteiger partial charge in [0.25, 0.3) is 0 Å². The van der Waals surface area contributed by atoms with Gasteiger partial charge in [0.05, 0.1) is 6.04 Å². The minimum absolute atomic E-state index is 0.00416. The van der Waals surface area contributed by atoms with Gasteiger partial charge in [-0.25, -0.2) is 0 Å². The van der Waals surface area contributed by atoms with E-state index in [2.05, 4.69) is 31.2 Å². The maximum atomic E-state index is 6.12. The van der Waals surface area contributed by atoms with E-state index in [1.54, 1.807) is 0 Å². The largest absolute Gasteiger partial charge is 0.464 e. The molecule has 2 heteroatoms. The van der Waals surface area contributed by atoms with Crippen molar-refractivity contribution in [2.45, 2.75) is 32.2 Å². The number of hydrogen-bond donors (Lipinski definition) is 1. The van der Waals surface area contributed by atoms with Crippen LogP contribution in [0.1, 0.15) is 36.5 Å². The molecular formula is C15H19NO. The molecule has 1 heterocycles. The van der Waals surface area contributed by atoms with E-state index in [-0.39, 0.29) is 6.04 Å². The van der Waals surface area contributed by atoms with Crippen LogP contribution in [0, 0.1) is 0 Å². The summed E-state index contributed by atoms with van der Waals surface area (Å²) in [5.74, 6) is 1.91. The predicted molar refractivity (Wildman–Crippen MR) is 69.8 cm³/mol. The van der Waals surface area contributed by atoms with Gasteiger partial charge >= 0.3 is 0 Å². The lowest BCUT2D eigenvalue weighted by Gasteiger charge is -2.08. The van der Waals surface area contributed by atoms with Crippen molar-refractivity contribution in [2.75, 3.05) is 0 Å². The first-order chi connectivity index (χ1) is 8.29. The number of aryl methyl sites for hydroxylation is 2. The van der Waals surface area contributed by atoms with Crippen molar-refractivity contribution in [2.24, 2.45) is 5.73 Å². The average molecular weight is 229 g/mol. The third-order valence-electron chi connectivity index (χ3n) is 2.98. The molecule has 0 radical (unpaired) electrons. The molecule has 1 unspecified atom stereocenters. The summed E-state index contributed by atoms with van der Waals surface area (Å²) in [4.78, 5) is 0. The van der Waals surface area contributed by atoms with E-state index in [1.165, 1.54) is 5.56 Å². The van der Waals surface area contributed by atoms with E-state index in [1.807, 2.05) is 18.2 Å². The fourth-order valence-corrected chi connectivity index (χ4v) is 1.89. The number of furan rings is 1. The first-order valence-electron chi connectivity index (χ1n) is 6.17. The van der Waals surface area contributed by atoms with E-state index in [4.69, 9.17) is 10.2 Å². The molecule has 1 atom stereocenters. The highest BCUT2D eigenvalue weighted by Crippen LogP contribution is 2.19. The van der Waals surface area contributed by atoms with Crippen LogP contribution in [0.4, 0.5) is 0 Å². The number of nitrogens with two attached hydrogens (primary N) is 1. The highest BCUT2D eigenvalue weighted by atomic mass is 16.3. The highest BCUT2D eigenvalue weighted by molar-refractivity contribution is 5.16. The third kappa shape index (κ3) is 3.21. The van der Waals surface area contributed by atoms with E-state index in [9.17, 15) is 0 Å². The van der Waals surface area contributed by atoms with Crippen LogP contribution >= 0.6 is 0 Å². The molecule has 0 fully saturated rings. The van der Waals surface area contributed by atoms with E-state index in [0.717, 1.165) is 30.8 Å². The van der Waals surface area contributed by atoms with Gasteiger partial charge in [-0.3, -0.25) is 0 Å². The molecule has 0 saturated carbocycles. The molecule has 17 heavy (non-hydrogen) atoms. The second-order valence-corrected chi connectivity index (χ2v) is 4.29. The average Bonchev–Trinajstić information content (AvgIpc) is 2.86. The summed E-state index contributed by atoms with van der Waals surface area (Å²) in [6, 6.07) is 14.4. The van der Waals surface area contributed by atoms with Crippen molar-refractivity contribution in [3.8, 4) is 0 Å². The van der Waals surface area contributed by atoms with Crippen LogP contribution in [-0.2, 0) is 12.8 Å². The highest BCUT2D eigenvalue weighted by Gasteiger charge is 2.10. The topological polar surface area (TPSA) is 39.2 Å². The van der Waals surface area contributed by atoms with Crippen LogP contribution in [-0.4, -0.2) is 0 Å². The van der Waals surface area contributed by atoms with Gasteiger partial charge in [-0.05, 0) is 30.5 Å². The lowest BCUT2D eigenvalue weighted by molar-refractivity contribution is 0.425. The van der Waals surface area contributed by atoms with E-state index < -0.39 is 0 Å². The van der Waals surface area contributed by atoms with E-state index in [0.29, 0.717) is 0 Å². The molecule has 0 aliphatic rings. The standard InChI is InChI=1S/C15H19NO/c1-2-13-9-11-15(17-13)14(16)10-8-12-6-4-3-5-7-12/h3-7,9,11,14H,2,8,10,16H2,1H3. The minimum Gasteiger partial charge on any atom is -0.464 e. The predicted octanol–water partition coefficient (Wildman–Crippen LogP) is 3.47. The Labute approximate surface area is 102 Å². The SMILES string of the molecule is CCc1ccc(C(N)CCc2ccccc2)o1. The fraction of sp³-hybridized carbons (Fsp3) is 0.333. The summed E-state index contributed by atoms with van der Waals surface area (Å²) >= 11 is 0. The first-order valence-corrected chi connectivity index (χ1v) is 6.17. The van der Waals surface area contributed by atoms with Crippen LogP contribution in [0.5, 0.6) is 0 Å². The monoisotopic (exact) mass is 229 g/mol. The molecular weight excluding hydrogens is 210 g/mol. The van der Waals surface area contributed by atoms with Crippen molar-refractivity contribution < 1.29 is 4.42 Å². The molecule has 1 aromatic heterocycles. The Morgan fingerprint density at radius 2 is 1.88 bits per heavy atom. The van der Waals surface area contributed by atoms with Crippen molar-refractivity contribution in [1.29, 1.82) is 0 Å². The number of benzene rings is 1. The first kappa shape index (κ1) is 11.9. The molecule has 2 nitrogen and oxygen atoms in total. The van der Waals surface area contributed by atoms with Crippen LogP contribution in [0.3, 0.4) is 0 Å². The Balaban J connectivity index is 1.91. The Kier molecular flexibility index (Phi) is 3.99. The van der Waals surface area contributed by atoms with Crippen molar-refractivity contribution in [1.82, 2.24) is 0 Å². The minimum atomic E-state index is -0.00416. The molecule has 0 amide bonds. The van der Waals surface area contributed by atoms with Crippen LogP contribution in [0.15, 0.2) is 46.9 Å². The maximum absolute atomic E-state index is 6.12. The molecule has 0 aliphatic heterocycles. The van der Waals surface area contributed by atoms with Crippen molar-refractivity contribution in [3.63, 3.8) is 0 Å². The zero-order chi connectivity index (χ0) is 12.1. The van der Waals surface area contributed by atoms with Gasteiger partial charge in [-0.2, -0.15) is 0 Å². The van der Waals surface area contributed by atoms with Gasteiger partial charge in [0.2, 0.25) is 0 Å². The van der Waals surface area contributed by atoms with Gasteiger partial charge in [0.15, 0.2) is 0 Å². The van der Waals surface area contributed by atoms with Crippen LogP contribution in [0.25, 0.3) is 0 Å². The fourth-order valence-electron chi connectivity index (χ4n) is 1.89. The summed E-state index contributed by atoms with van der Waals surface area (Å²) in [5, 5.41) is 0. The molecule has 0 saturated heterocycles. The Morgan fingerprint density at radius 1 is 1.12 bits per heavy atom. The van der Waals surface area contributed by atoms with Crippen LogP contribution in [0.2, 0.25) is 0 Å². The molecule has 90 valence electrons. The Morgan fingerprint density at radius 3 is 2.53 bits per heavy atom. The van der Waals surface area contributed by atoms with Crippen molar-refractivity contribution >= 4 is 0 Å². The quantitative estimate of drug-likeness (QED) is 0.852. The summed E-state index contributed by atoms with van der Waals surface area (Å²) in [6.45, 7) is 2.08. The Bertz CT molecular complexity index is 447. The second-order valence-electron chi connectivity index (χ2n) is 4.29. The molecule has 0 aliphatic carbocycles. The van der Waals surface area contributed by atoms with Crippen LogP contribution < -0.4 is 5.73 Å². The van der Waals surface area contributed by atoms with Gasteiger partial charge in [0.1, 0.15) is 11.5 Å². The van der Waals surface area contributed by atoms with Gasteiger partial charge in [-0.1, -0.05) is 37.3 Å². The Hall–Kier alpha value is -1.54. The number of rotatable bonds is 5. The molecule has 2 aromatic rings. The third-order valence-corrected chi connectivity index (χ3v) is 2.98. The maximum Gasteiger partial charge on any atom is 0.120 e. The van der Waals surface area contributed by atoms with E-state index >= 15 is 0 Å². The zero-order valence-corrected chi connectivity index (χ0v) is 10.2. The summed E-state index contributed by atoms with van der Waals surface area (Å²) < 4.78 is 5.66. The summed E-state index contributed by atoms with van der Waals surface area (Å²) in [5.41, 5.74) is 7.44. The lowest BCUT2D eigenvalue weighted by atomic mass is 10.0. The van der Waals surface area contributed by atoms with Crippen molar-refractivity contribution in [3.05, 3.63) is 59.5 Å². The normalized spacial score (nSPS) is 12.6.